The van der Waals surface area contributed by atoms with Crippen LogP contribution in [0, 0.1) is 13.8 Å². The van der Waals surface area contributed by atoms with Crippen LogP contribution in [0.2, 0.25) is 5.02 Å². The van der Waals surface area contributed by atoms with Crippen molar-refractivity contribution in [1.29, 1.82) is 0 Å². The lowest BCUT2D eigenvalue weighted by Crippen LogP contribution is -2.31. The van der Waals surface area contributed by atoms with E-state index in [-0.39, 0.29) is 6.04 Å². The predicted octanol–water partition coefficient (Wildman–Crippen LogP) is 5.00. The monoisotopic (exact) mass is 318 g/mol. The smallest absolute Gasteiger partial charge is 0.171 e. The van der Waals surface area contributed by atoms with Gasteiger partial charge in [0, 0.05) is 10.7 Å². The van der Waals surface area contributed by atoms with E-state index in [9.17, 15) is 0 Å². The van der Waals surface area contributed by atoms with E-state index in [1.54, 1.807) is 0 Å². The largest absolute Gasteiger partial charge is 0.356 e. The lowest BCUT2D eigenvalue weighted by atomic mass is 10.1. The Balaban J connectivity index is 2.05. The molecule has 0 radical (unpaired) electrons. The number of anilines is 1. The molecule has 21 heavy (non-hydrogen) atoms. The van der Waals surface area contributed by atoms with E-state index in [0.717, 1.165) is 16.3 Å². The lowest BCUT2D eigenvalue weighted by Gasteiger charge is -2.19. The van der Waals surface area contributed by atoms with Crippen molar-refractivity contribution in [2.24, 2.45) is 0 Å². The highest BCUT2D eigenvalue weighted by Gasteiger charge is 2.11. The number of nitrogens with one attached hydrogen (secondary N) is 2. The highest BCUT2D eigenvalue weighted by Crippen LogP contribution is 2.23. The fraction of sp³-hybridized carbons (Fsp3) is 0.235. The molecule has 2 nitrogen and oxygen atoms in total. The summed E-state index contributed by atoms with van der Waals surface area (Å²) in [5.74, 6) is 0. The van der Waals surface area contributed by atoms with Crippen molar-refractivity contribution in [3.05, 3.63) is 64.2 Å². The first-order valence-electron chi connectivity index (χ1n) is 6.87. The second kappa shape index (κ2) is 6.92. The first kappa shape index (κ1) is 15.8. The van der Waals surface area contributed by atoms with Crippen LogP contribution >= 0.6 is 23.8 Å². The molecule has 0 saturated carbocycles. The Morgan fingerprint density at radius 3 is 2.52 bits per heavy atom. The highest BCUT2D eigenvalue weighted by molar-refractivity contribution is 7.80. The minimum absolute atomic E-state index is 0.0452. The van der Waals surface area contributed by atoms with Gasteiger partial charge in [-0.3, -0.25) is 0 Å². The Morgan fingerprint density at radius 2 is 1.81 bits per heavy atom. The maximum absolute atomic E-state index is 6.21. The molecule has 4 heteroatoms. The minimum Gasteiger partial charge on any atom is -0.356 e. The summed E-state index contributed by atoms with van der Waals surface area (Å²) in [6.07, 6.45) is 0. The average molecular weight is 319 g/mol. The van der Waals surface area contributed by atoms with Crippen LogP contribution in [0.3, 0.4) is 0 Å². The summed E-state index contributed by atoms with van der Waals surface area (Å²) in [5.41, 5.74) is 4.50. The molecule has 2 rings (SSSR count). The van der Waals surface area contributed by atoms with Crippen molar-refractivity contribution >= 4 is 34.6 Å². The molecule has 110 valence electrons. The van der Waals surface area contributed by atoms with Crippen LogP contribution in [0.5, 0.6) is 0 Å². The van der Waals surface area contributed by atoms with Crippen LogP contribution < -0.4 is 10.6 Å². The Bertz CT molecular complexity index is 655. The molecular formula is C17H19ClN2S. The zero-order valence-corrected chi connectivity index (χ0v) is 14.0. The Hall–Kier alpha value is -1.58. The molecule has 1 atom stereocenters. The molecule has 0 aromatic heterocycles. The average Bonchev–Trinajstić information content (AvgIpc) is 2.44. The summed E-state index contributed by atoms with van der Waals surface area (Å²) < 4.78 is 0. The van der Waals surface area contributed by atoms with E-state index in [1.165, 1.54) is 11.1 Å². The summed E-state index contributed by atoms with van der Waals surface area (Å²) in [6.45, 7) is 6.21. The van der Waals surface area contributed by atoms with Gasteiger partial charge in [0.25, 0.3) is 0 Å². The number of rotatable bonds is 3. The van der Waals surface area contributed by atoms with Gasteiger partial charge in [0.05, 0.1) is 6.04 Å². The zero-order valence-electron chi connectivity index (χ0n) is 12.4. The third-order valence-corrected chi connectivity index (χ3v) is 4.14. The Kier molecular flexibility index (Phi) is 5.21. The van der Waals surface area contributed by atoms with Crippen LogP contribution in [0.25, 0.3) is 0 Å². The maximum Gasteiger partial charge on any atom is 0.171 e. The first-order chi connectivity index (χ1) is 9.99. The second-order valence-corrected chi connectivity index (χ2v) is 5.90. The van der Waals surface area contributed by atoms with Crippen LogP contribution in [0.4, 0.5) is 5.69 Å². The first-order valence-corrected chi connectivity index (χ1v) is 7.66. The molecule has 2 aromatic carbocycles. The molecule has 0 heterocycles. The SMILES string of the molecule is Cc1cccc(NC(=S)N[C@@H](C)c2ccccc2Cl)c1C. The lowest BCUT2D eigenvalue weighted by molar-refractivity contribution is 0.723. The number of benzene rings is 2. The standard InChI is InChI=1S/C17H19ClN2S/c1-11-7-6-10-16(12(11)2)20-17(21)19-13(3)14-8-4-5-9-15(14)18/h4-10,13H,1-3H3,(H2,19,20,21)/t13-/m0/s1. The molecule has 2 aromatic rings. The van der Waals surface area contributed by atoms with E-state index in [0.29, 0.717) is 5.11 Å². The predicted molar refractivity (Wildman–Crippen MR) is 95.1 cm³/mol. The van der Waals surface area contributed by atoms with E-state index < -0.39 is 0 Å². The van der Waals surface area contributed by atoms with Crippen molar-refractivity contribution in [2.75, 3.05) is 5.32 Å². The topological polar surface area (TPSA) is 24.1 Å². The van der Waals surface area contributed by atoms with Crippen LogP contribution in [0.1, 0.15) is 29.7 Å². The summed E-state index contributed by atoms with van der Waals surface area (Å²) in [6, 6.07) is 14.0. The fourth-order valence-corrected chi connectivity index (χ4v) is 2.73. The Labute approximate surface area is 136 Å². The van der Waals surface area contributed by atoms with E-state index in [2.05, 4.69) is 30.5 Å². The maximum atomic E-state index is 6.21. The number of hydrogen-bond acceptors (Lipinski definition) is 1. The molecule has 0 aliphatic rings. The van der Waals surface area contributed by atoms with Gasteiger partial charge in [0.1, 0.15) is 0 Å². The molecule has 0 unspecified atom stereocenters. The van der Waals surface area contributed by atoms with Crippen molar-refractivity contribution in [3.8, 4) is 0 Å². The number of aryl methyl sites for hydroxylation is 1. The summed E-state index contributed by atoms with van der Waals surface area (Å²) in [5, 5.41) is 7.85. The van der Waals surface area contributed by atoms with E-state index >= 15 is 0 Å². The minimum atomic E-state index is 0.0452. The van der Waals surface area contributed by atoms with Crippen molar-refractivity contribution in [3.63, 3.8) is 0 Å². The molecule has 0 amide bonds. The summed E-state index contributed by atoms with van der Waals surface area (Å²) in [7, 11) is 0. The van der Waals surface area contributed by atoms with Gasteiger partial charge in [0.2, 0.25) is 0 Å². The molecule has 0 aliphatic carbocycles. The van der Waals surface area contributed by atoms with Gasteiger partial charge in [-0.05, 0) is 61.8 Å². The van der Waals surface area contributed by atoms with Gasteiger partial charge in [-0.15, -0.1) is 0 Å². The summed E-state index contributed by atoms with van der Waals surface area (Å²) >= 11 is 11.6. The van der Waals surface area contributed by atoms with E-state index in [1.807, 2.05) is 43.3 Å². The molecule has 0 spiro atoms. The van der Waals surface area contributed by atoms with Crippen LogP contribution in [0.15, 0.2) is 42.5 Å². The molecular weight excluding hydrogens is 300 g/mol. The number of thiocarbonyl (C=S) groups is 1. The Morgan fingerprint density at radius 1 is 1.10 bits per heavy atom. The second-order valence-electron chi connectivity index (χ2n) is 5.09. The van der Waals surface area contributed by atoms with Gasteiger partial charge in [-0.25, -0.2) is 0 Å². The third-order valence-electron chi connectivity index (χ3n) is 3.57. The quantitative estimate of drug-likeness (QED) is 0.778. The summed E-state index contributed by atoms with van der Waals surface area (Å²) in [4.78, 5) is 0. The van der Waals surface area contributed by atoms with Crippen molar-refractivity contribution in [2.45, 2.75) is 26.8 Å². The van der Waals surface area contributed by atoms with E-state index in [4.69, 9.17) is 23.8 Å². The van der Waals surface area contributed by atoms with Crippen molar-refractivity contribution < 1.29 is 0 Å². The molecule has 0 aliphatic heterocycles. The van der Waals surface area contributed by atoms with Crippen molar-refractivity contribution in [1.82, 2.24) is 5.32 Å². The molecule has 0 bridgehead atoms. The van der Waals surface area contributed by atoms with Gasteiger partial charge >= 0.3 is 0 Å². The molecule has 0 fully saturated rings. The molecule has 2 N–H and O–H groups in total. The van der Waals surface area contributed by atoms with Gasteiger partial charge in [-0.1, -0.05) is 41.9 Å². The number of hydrogen-bond donors (Lipinski definition) is 2. The highest BCUT2D eigenvalue weighted by atomic mass is 35.5. The third kappa shape index (κ3) is 3.96. The van der Waals surface area contributed by atoms with Gasteiger partial charge in [-0.2, -0.15) is 0 Å². The molecule has 0 saturated heterocycles. The number of halogens is 1. The van der Waals surface area contributed by atoms with Gasteiger partial charge in [0.15, 0.2) is 5.11 Å². The van der Waals surface area contributed by atoms with Gasteiger partial charge < -0.3 is 10.6 Å². The normalized spacial score (nSPS) is 11.8. The zero-order chi connectivity index (χ0) is 15.4. The fourth-order valence-electron chi connectivity index (χ4n) is 2.15. The van der Waals surface area contributed by atoms with Crippen LogP contribution in [-0.2, 0) is 0 Å². The van der Waals surface area contributed by atoms with Crippen LogP contribution in [-0.4, -0.2) is 5.11 Å².